The summed E-state index contributed by atoms with van der Waals surface area (Å²) in [5.74, 6) is 0. The maximum atomic E-state index is 12.5. The van der Waals surface area contributed by atoms with Gasteiger partial charge in [0.15, 0.2) is 0 Å². The lowest BCUT2D eigenvalue weighted by Gasteiger charge is -2.29. The Morgan fingerprint density at radius 1 is 1.08 bits per heavy atom. The molecule has 0 radical (unpaired) electrons. The van der Waals surface area contributed by atoms with E-state index in [4.69, 9.17) is 0 Å². The number of rotatable bonds is 6. The van der Waals surface area contributed by atoms with Gasteiger partial charge in [0.1, 0.15) is 6.33 Å². The predicted molar refractivity (Wildman–Crippen MR) is 97.9 cm³/mol. The molecule has 0 saturated heterocycles. The van der Waals surface area contributed by atoms with Crippen LogP contribution in [-0.4, -0.2) is 44.7 Å². The number of amides is 2. The van der Waals surface area contributed by atoms with Gasteiger partial charge in [-0.1, -0.05) is 24.3 Å². The van der Waals surface area contributed by atoms with Gasteiger partial charge in [0.05, 0.1) is 12.1 Å². The van der Waals surface area contributed by atoms with Crippen LogP contribution in [0.15, 0.2) is 43.0 Å². The number of hydrogen-bond acceptors (Lipinski definition) is 4. The number of nitrogens with zero attached hydrogens (tertiary/aromatic N) is 3. The Bertz CT molecular complexity index is 672. The van der Waals surface area contributed by atoms with Gasteiger partial charge in [0, 0.05) is 30.5 Å². The van der Waals surface area contributed by atoms with Crippen molar-refractivity contribution in [3.63, 3.8) is 0 Å². The maximum Gasteiger partial charge on any atom is 0.318 e. The first-order chi connectivity index (χ1) is 11.9. The van der Waals surface area contributed by atoms with Crippen LogP contribution in [0.2, 0.25) is 0 Å². The van der Waals surface area contributed by atoms with Gasteiger partial charge in [0.2, 0.25) is 0 Å². The van der Waals surface area contributed by atoms with Gasteiger partial charge in [-0.2, -0.15) is 0 Å². The second-order valence-corrected chi connectivity index (χ2v) is 6.52. The average molecular weight is 342 g/mol. The number of carbonyl (C=O) groups excluding carboxylic acids is 1. The number of aliphatic hydroxyl groups is 1. The summed E-state index contributed by atoms with van der Waals surface area (Å²) in [4.78, 5) is 22.2. The van der Waals surface area contributed by atoms with Crippen LogP contribution in [0.1, 0.15) is 39.3 Å². The zero-order valence-corrected chi connectivity index (χ0v) is 15.2. The Labute approximate surface area is 148 Å². The minimum Gasteiger partial charge on any atom is -0.392 e. The number of benzene rings is 1. The second kappa shape index (κ2) is 8.58. The fraction of sp³-hybridized carbons (Fsp3) is 0.421. The third-order valence-electron chi connectivity index (χ3n) is 3.99. The highest BCUT2D eigenvalue weighted by Crippen LogP contribution is 2.21. The van der Waals surface area contributed by atoms with Crippen molar-refractivity contribution in [3.8, 4) is 11.1 Å². The molecule has 0 aliphatic carbocycles. The number of aromatic nitrogens is 2. The Kier molecular flexibility index (Phi) is 6.47. The van der Waals surface area contributed by atoms with E-state index in [1.807, 2.05) is 45.0 Å². The molecule has 6 nitrogen and oxygen atoms in total. The first-order valence-electron chi connectivity index (χ1n) is 8.49. The monoisotopic (exact) mass is 342 g/mol. The molecule has 0 fully saturated rings. The molecule has 0 spiro atoms. The van der Waals surface area contributed by atoms with Crippen LogP contribution in [0.5, 0.6) is 0 Å². The van der Waals surface area contributed by atoms with E-state index < -0.39 is 6.10 Å². The highest BCUT2D eigenvalue weighted by Gasteiger charge is 2.20. The van der Waals surface area contributed by atoms with Crippen molar-refractivity contribution in [1.29, 1.82) is 0 Å². The normalized spacial score (nSPS) is 13.4. The van der Waals surface area contributed by atoms with Gasteiger partial charge in [0.25, 0.3) is 0 Å². The standard InChI is InChI=1S/C19H26N4O2/c1-13(2)23(11-14(3)24)19(25)22-15(4)16-5-7-17(8-6-16)18-9-20-12-21-10-18/h5-10,12-15,24H,11H2,1-4H3,(H,22,25). The van der Waals surface area contributed by atoms with Gasteiger partial charge in [-0.25, -0.2) is 14.8 Å². The summed E-state index contributed by atoms with van der Waals surface area (Å²) in [6, 6.07) is 7.66. The molecule has 0 aliphatic rings. The van der Waals surface area contributed by atoms with Crippen molar-refractivity contribution in [2.24, 2.45) is 0 Å². The molecule has 0 saturated carbocycles. The van der Waals surface area contributed by atoms with Crippen LogP contribution in [-0.2, 0) is 0 Å². The second-order valence-electron chi connectivity index (χ2n) is 6.52. The molecule has 0 aliphatic heterocycles. The van der Waals surface area contributed by atoms with Crippen LogP contribution >= 0.6 is 0 Å². The van der Waals surface area contributed by atoms with E-state index >= 15 is 0 Å². The van der Waals surface area contributed by atoms with E-state index in [9.17, 15) is 9.90 Å². The molecule has 2 rings (SSSR count). The molecule has 1 aromatic heterocycles. The van der Waals surface area contributed by atoms with E-state index in [-0.39, 0.29) is 18.1 Å². The van der Waals surface area contributed by atoms with Crippen molar-refractivity contribution in [3.05, 3.63) is 48.5 Å². The van der Waals surface area contributed by atoms with Crippen LogP contribution in [0.25, 0.3) is 11.1 Å². The number of carbonyl (C=O) groups is 1. The molecular formula is C19H26N4O2. The van der Waals surface area contributed by atoms with Crippen LogP contribution in [0, 0.1) is 0 Å². The smallest absolute Gasteiger partial charge is 0.318 e. The lowest BCUT2D eigenvalue weighted by Crippen LogP contribution is -2.47. The number of urea groups is 1. The summed E-state index contributed by atoms with van der Waals surface area (Å²) in [6.45, 7) is 7.80. The van der Waals surface area contributed by atoms with Crippen molar-refractivity contribution in [2.45, 2.75) is 45.9 Å². The summed E-state index contributed by atoms with van der Waals surface area (Å²) in [5.41, 5.74) is 2.99. The summed E-state index contributed by atoms with van der Waals surface area (Å²) < 4.78 is 0. The molecule has 2 atom stereocenters. The van der Waals surface area contributed by atoms with Gasteiger partial charge < -0.3 is 15.3 Å². The summed E-state index contributed by atoms with van der Waals surface area (Å²) >= 11 is 0. The Balaban J connectivity index is 2.05. The number of aliphatic hydroxyl groups excluding tert-OH is 1. The Morgan fingerprint density at radius 2 is 1.68 bits per heavy atom. The van der Waals surface area contributed by atoms with E-state index in [0.29, 0.717) is 6.54 Å². The zero-order chi connectivity index (χ0) is 18.4. The SMILES string of the molecule is CC(O)CN(C(=O)NC(C)c1ccc(-c2cncnc2)cc1)C(C)C. The molecule has 2 aromatic rings. The average Bonchev–Trinajstić information content (AvgIpc) is 2.60. The lowest BCUT2D eigenvalue weighted by molar-refractivity contribution is 0.117. The molecule has 134 valence electrons. The van der Waals surface area contributed by atoms with E-state index in [0.717, 1.165) is 16.7 Å². The quantitative estimate of drug-likeness (QED) is 0.846. The molecule has 2 N–H and O–H groups in total. The van der Waals surface area contributed by atoms with Crippen molar-refractivity contribution < 1.29 is 9.90 Å². The highest BCUT2D eigenvalue weighted by atomic mass is 16.3. The van der Waals surface area contributed by atoms with Gasteiger partial charge in [-0.3, -0.25) is 0 Å². The maximum absolute atomic E-state index is 12.5. The molecule has 2 amide bonds. The first kappa shape index (κ1) is 18.9. The molecule has 25 heavy (non-hydrogen) atoms. The third kappa shape index (κ3) is 5.26. The molecular weight excluding hydrogens is 316 g/mol. The molecule has 1 aromatic carbocycles. The fourth-order valence-corrected chi connectivity index (χ4v) is 2.58. The third-order valence-corrected chi connectivity index (χ3v) is 3.99. The van der Waals surface area contributed by atoms with Gasteiger partial charge >= 0.3 is 6.03 Å². The first-order valence-corrected chi connectivity index (χ1v) is 8.49. The topological polar surface area (TPSA) is 78.4 Å². The van der Waals surface area contributed by atoms with Crippen LogP contribution < -0.4 is 5.32 Å². The summed E-state index contributed by atoms with van der Waals surface area (Å²) in [6.07, 6.45) is 4.48. The number of nitrogens with one attached hydrogen (secondary N) is 1. The van der Waals surface area contributed by atoms with Crippen molar-refractivity contribution in [1.82, 2.24) is 20.2 Å². The van der Waals surface area contributed by atoms with E-state index in [2.05, 4.69) is 15.3 Å². The summed E-state index contributed by atoms with van der Waals surface area (Å²) in [5, 5.41) is 12.6. The van der Waals surface area contributed by atoms with Crippen LogP contribution in [0.4, 0.5) is 4.79 Å². The minimum absolute atomic E-state index is 0.0160. The van der Waals surface area contributed by atoms with Crippen molar-refractivity contribution >= 4 is 6.03 Å². The van der Waals surface area contributed by atoms with Gasteiger partial charge in [-0.05, 0) is 38.8 Å². The fourth-order valence-electron chi connectivity index (χ4n) is 2.58. The number of hydrogen-bond donors (Lipinski definition) is 2. The summed E-state index contributed by atoms with van der Waals surface area (Å²) in [7, 11) is 0. The molecule has 1 heterocycles. The Morgan fingerprint density at radius 3 is 2.20 bits per heavy atom. The van der Waals surface area contributed by atoms with E-state index in [1.54, 1.807) is 24.2 Å². The van der Waals surface area contributed by atoms with Gasteiger partial charge in [-0.15, -0.1) is 0 Å². The Hall–Kier alpha value is -2.47. The van der Waals surface area contributed by atoms with E-state index in [1.165, 1.54) is 6.33 Å². The largest absolute Gasteiger partial charge is 0.392 e. The lowest BCUT2D eigenvalue weighted by atomic mass is 10.0. The molecule has 6 heteroatoms. The van der Waals surface area contributed by atoms with Crippen LogP contribution in [0.3, 0.4) is 0 Å². The zero-order valence-electron chi connectivity index (χ0n) is 15.2. The predicted octanol–water partition coefficient (Wildman–Crippen LogP) is 3.01. The van der Waals surface area contributed by atoms with Crippen molar-refractivity contribution in [2.75, 3.05) is 6.54 Å². The molecule has 0 bridgehead atoms. The highest BCUT2D eigenvalue weighted by molar-refractivity contribution is 5.75. The molecule has 2 unspecified atom stereocenters. The minimum atomic E-state index is -0.559.